The van der Waals surface area contributed by atoms with Crippen LogP contribution < -0.4 is 5.32 Å². The maximum absolute atomic E-state index is 10.7. The fourth-order valence-corrected chi connectivity index (χ4v) is 1.69. The molecule has 2 rings (SSSR count). The molecule has 1 N–H and O–H groups in total. The lowest BCUT2D eigenvalue weighted by Crippen LogP contribution is -1.92. The van der Waals surface area contributed by atoms with Crippen LogP contribution in [0.1, 0.15) is 12.5 Å². The highest BCUT2D eigenvalue weighted by Gasteiger charge is 2.04. The zero-order valence-corrected chi connectivity index (χ0v) is 10.5. The summed E-state index contributed by atoms with van der Waals surface area (Å²) in [4.78, 5) is 10.3. The van der Waals surface area contributed by atoms with Crippen molar-refractivity contribution < 1.29 is 4.92 Å². The van der Waals surface area contributed by atoms with E-state index in [1.165, 1.54) is 12.1 Å². The number of allylic oxidation sites excluding steroid dienone is 1. The molecule has 0 amide bonds. The van der Waals surface area contributed by atoms with Gasteiger partial charge in [0.2, 0.25) is 0 Å². The highest BCUT2D eigenvalue weighted by atomic mass is 16.6. The Morgan fingerprint density at radius 2 is 1.89 bits per heavy atom. The molecular weight excluding hydrogens is 240 g/mol. The molecule has 2 aromatic rings. The van der Waals surface area contributed by atoms with Gasteiger partial charge in [0.05, 0.1) is 4.92 Å². The second kappa shape index (κ2) is 5.82. The van der Waals surface area contributed by atoms with Gasteiger partial charge in [0.15, 0.2) is 0 Å². The van der Waals surface area contributed by atoms with E-state index in [2.05, 4.69) is 5.32 Å². The number of non-ortho nitro benzene ring substituents is 1. The molecule has 0 radical (unpaired) electrons. The normalized spacial score (nSPS) is 11.1. The lowest BCUT2D eigenvalue weighted by molar-refractivity contribution is -0.384. The molecule has 0 saturated carbocycles. The first-order chi connectivity index (χ1) is 9.16. The molecule has 0 aromatic heterocycles. The summed E-state index contributed by atoms with van der Waals surface area (Å²) in [6.07, 6.45) is 1.84. The standard InChI is InChI=1S/C15H14N2O2/c1-12(13-6-3-2-4-7-13)11-16-14-8-5-9-15(10-14)17(18)19/h2-11,16H,1H3. The highest BCUT2D eigenvalue weighted by Crippen LogP contribution is 2.18. The van der Waals surface area contributed by atoms with Gasteiger partial charge >= 0.3 is 0 Å². The van der Waals surface area contributed by atoms with E-state index in [1.807, 2.05) is 43.5 Å². The third-order valence-electron chi connectivity index (χ3n) is 2.74. The molecule has 0 bridgehead atoms. The second-order valence-corrected chi connectivity index (χ2v) is 4.15. The van der Waals surface area contributed by atoms with Gasteiger partial charge in [-0.3, -0.25) is 10.1 Å². The van der Waals surface area contributed by atoms with E-state index < -0.39 is 4.92 Å². The van der Waals surface area contributed by atoms with Gasteiger partial charge in [-0.05, 0) is 24.1 Å². The first-order valence-electron chi connectivity index (χ1n) is 5.90. The predicted molar refractivity (Wildman–Crippen MR) is 76.8 cm³/mol. The summed E-state index contributed by atoms with van der Waals surface area (Å²) >= 11 is 0. The van der Waals surface area contributed by atoms with Crippen LogP contribution in [0, 0.1) is 10.1 Å². The Morgan fingerprint density at radius 1 is 1.16 bits per heavy atom. The molecule has 19 heavy (non-hydrogen) atoms. The monoisotopic (exact) mass is 254 g/mol. The number of rotatable bonds is 4. The number of hydrogen-bond donors (Lipinski definition) is 1. The molecule has 0 aliphatic rings. The molecular formula is C15H14N2O2. The van der Waals surface area contributed by atoms with Crippen LogP contribution in [0.2, 0.25) is 0 Å². The summed E-state index contributed by atoms with van der Waals surface area (Å²) in [5, 5.41) is 13.7. The van der Waals surface area contributed by atoms with Gasteiger partial charge in [-0.1, -0.05) is 36.4 Å². The molecule has 0 atom stereocenters. The van der Waals surface area contributed by atoms with Crippen molar-refractivity contribution in [1.29, 1.82) is 0 Å². The van der Waals surface area contributed by atoms with E-state index in [0.29, 0.717) is 5.69 Å². The molecule has 0 aliphatic carbocycles. The Labute approximate surface area is 111 Å². The van der Waals surface area contributed by atoms with Gasteiger partial charge < -0.3 is 5.32 Å². The topological polar surface area (TPSA) is 55.2 Å². The lowest BCUT2D eigenvalue weighted by atomic mass is 10.1. The Morgan fingerprint density at radius 3 is 2.58 bits per heavy atom. The predicted octanol–water partition coefficient (Wildman–Crippen LogP) is 4.07. The summed E-state index contributed by atoms with van der Waals surface area (Å²) in [5.41, 5.74) is 2.95. The van der Waals surface area contributed by atoms with Crippen molar-refractivity contribution in [3.63, 3.8) is 0 Å². The van der Waals surface area contributed by atoms with Crippen molar-refractivity contribution in [2.75, 3.05) is 5.32 Å². The molecule has 96 valence electrons. The molecule has 0 unspecified atom stereocenters. The maximum atomic E-state index is 10.7. The quantitative estimate of drug-likeness (QED) is 0.661. The number of nitrogens with zero attached hydrogens (tertiary/aromatic N) is 1. The van der Waals surface area contributed by atoms with E-state index in [9.17, 15) is 10.1 Å². The number of nitro benzene ring substituents is 1. The summed E-state index contributed by atoms with van der Waals surface area (Å²) < 4.78 is 0. The van der Waals surface area contributed by atoms with Crippen molar-refractivity contribution in [1.82, 2.24) is 0 Å². The first-order valence-corrected chi connectivity index (χ1v) is 5.90. The first kappa shape index (κ1) is 12.8. The number of nitro groups is 1. The summed E-state index contributed by atoms with van der Waals surface area (Å²) in [7, 11) is 0. The third kappa shape index (κ3) is 3.42. The van der Waals surface area contributed by atoms with Crippen LogP contribution in [-0.2, 0) is 0 Å². The zero-order chi connectivity index (χ0) is 13.7. The van der Waals surface area contributed by atoms with Crippen molar-refractivity contribution in [3.8, 4) is 0 Å². The minimum absolute atomic E-state index is 0.0794. The van der Waals surface area contributed by atoms with E-state index >= 15 is 0 Å². The van der Waals surface area contributed by atoms with E-state index in [0.717, 1.165) is 11.1 Å². The fourth-order valence-electron chi connectivity index (χ4n) is 1.69. The van der Waals surface area contributed by atoms with Crippen molar-refractivity contribution in [2.24, 2.45) is 0 Å². The van der Waals surface area contributed by atoms with Crippen LogP contribution in [0.5, 0.6) is 0 Å². The largest absolute Gasteiger partial charge is 0.361 e. The van der Waals surface area contributed by atoms with Crippen molar-refractivity contribution in [2.45, 2.75) is 6.92 Å². The van der Waals surface area contributed by atoms with Crippen molar-refractivity contribution in [3.05, 3.63) is 76.5 Å². The number of anilines is 1. The second-order valence-electron chi connectivity index (χ2n) is 4.15. The van der Waals surface area contributed by atoms with E-state index in [4.69, 9.17) is 0 Å². The average Bonchev–Trinajstić information content (AvgIpc) is 2.46. The minimum Gasteiger partial charge on any atom is -0.361 e. The number of hydrogen-bond acceptors (Lipinski definition) is 3. The fraction of sp³-hybridized carbons (Fsp3) is 0.0667. The third-order valence-corrected chi connectivity index (χ3v) is 2.74. The Kier molecular flexibility index (Phi) is 3.93. The van der Waals surface area contributed by atoms with Gasteiger partial charge in [0, 0.05) is 24.0 Å². The van der Waals surface area contributed by atoms with Crippen molar-refractivity contribution >= 4 is 16.9 Å². The Balaban J connectivity index is 2.14. The lowest BCUT2D eigenvalue weighted by Gasteiger charge is -2.04. The minimum atomic E-state index is -0.404. The van der Waals surface area contributed by atoms with Crippen LogP contribution >= 0.6 is 0 Å². The summed E-state index contributed by atoms with van der Waals surface area (Å²) in [6.45, 7) is 1.99. The Bertz CT molecular complexity index is 607. The van der Waals surface area contributed by atoms with Gasteiger partial charge in [0.1, 0.15) is 0 Å². The SMILES string of the molecule is CC(=CNc1cccc([N+](=O)[O-])c1)c1ccccc1. The highest BCUT2D eigenvalue weighted by molar-refractivity contribution is 5.66. The molecule has 0 fully saturated rings. The molecule has 2 aromatic carbocycles. The maximum Gasteiger partial charge on any atom is 0.271 e. The van der Waals surface area contributed by atoms with E-state index in [-0.39, 0.29) is 5.69 Å². The summed E-state index contributed by atoms with van der Waals surface area (Å²) in [6, 6.07) is 16.4. The van der Waals surface area contributed by atoms with Crippen LogP contribution in [0.25, 0.3) is 5.57 Å². The molecule has 0 aliphatic heterocycles. The molecule has 0 saturated heterocycles. The average molecular weight is 254 g/mol. The molecule has 0 heterocycles. The van der Waals surface area contributed by atoms with Crippen LogP contribution in [0.4, 0.5) is 11.4 Å². The Hall–Kier alpha value is -2.62. The van der Waals surface area contributed by atoms with E-state index in [1.54, 1.807) is 12.1 Å². The summed E-state index contributed by atoms with van der Waals surface area (Å²) in [5.74, 6) is 0. The van der Waals surface area contributed by atoms with Gasteiger partial charge in [-0.2, -0.15) is 0 Å². The van der Waals surface area contributed by atoms with Crippen LogP contribution in [-0.4, -0.2) is 4.92 Å². The van der Waals surface area contributed by atoms with Gasteiger partial charge in [0.25, 0.3) is 5.69 Å². The molecule has 4 nitrogen and oxygen atoms in total. The number of benzene rings is 2. The smallest absolute Gasteiger partial charge is 0.271 e. The van der Waals surface area contributed by atoms with Gasteiger partial charge in [-0.25, -0.2) is 0 Å². The number of nitrogens with one attached hydrogen (secondary N) is 1. The van der Waals surface area contributed by atoms with Gasteiger partial charge in [-0.15, -0.1) is 0 Å². The molecule has 4 heteroatoms. The molecule has 0 spiro atoms. The van der Waals surface area contributed by atoms with Crippen LogP contribution in [0.15, 0.2) is 60.8 Å². The zero-order valence-electron chi connectivity index (χ0n) is 10.5. The van der Waals surface area contributed by atoms with Crippen LogP contribution in [0.3, 0.4) is 0 Å².